The monoisotopic (exact) mass is 285 g/mol. The maximum absolute atomic E-state index is 12.2. The average molecular weight is 285 g/mol. The summed E-state index contributed by atoms with van der Waals surface area (Å²) in [5.74, 6) is 0. The van der Waals surface area contributed by atoms with Crippen molar-refractivity contribution < 1.29 is 5.11 Å². The fourth-order valence-corrected chi connectivity index (χ4v) is 2.07. The summed E-state index contributed by atoms with van der Waals surface area (Å²) in [6.45, 7) is 1.90. The van der Waals surface area contributed by atoms with Crippen LogP contribution in [-0.4, -0.2) is 14.2 Å². The number of aliphatic hydroxyl groups excluding tert-OH is 1. The molecule has 0 aliphatic heterocycles. The lowest BCUT2D eigenvalue weighted by Crippen LogP contribution is -2.41. The highest BCUT2D eigenvalue weighted by molar-refractivity contribution is 5.23. The Labute approximate surface area is 121 Å². The first-order valence-corrected chi connectivity index (χ1v) is 6.55. The summed E-state index contributed by atoms with van der Waals surface area (Å²) in [5.41, 5.74) is -0.718. The minimum atomic E-state index is -0.990. The lowest BCUT2D eigenvalue weighted by atomic mass is 10.1. The summed E-state index contributed by atoms with van der Waals surface area (Å²) in [6, 6.07) is 10.5. The summed E-state index contributed by atoms with van der Waals surface area (Å²) >= 11 is 0. The molecule has 1 aromatic heterocycles. The molecule has 0 amide bonds. The van der Waals surface area contributed by atoms with Crippen molar-refractivity contribution in [3.63, 3.8) is 0 Å². The molecule has 2 rings (SSSR count). The molecule has 0 saturated heterocycles. The van der Waals surface area contributed by atoms with Crippen molar-refractivity contribution in [2.24, 2.45) is 0 Å². The number of benzene rings is 1. The molecule has 1 atom stereocenters. The van der Waals surface area contributed by atoms with Crippen molar-refractivity contribution in [3.8, 4) is 6.07 Å². The van der Waals surface area contributed by atoms with Crippen LogP contribution in [-0.2, 0) is 13.1 Å². The van der Waals surface area contributed by atoms with Gasteiger partial charge in [0, 0.05) is 12.7 Å². The largest absolute Gasteiger partial charge is 0.387 e. The van der Waals surface area contributed by atoms with Gasteiger partial charge in [0.1, 0.15) is 11.6 Å². The molecular formula is C15H15N3O3. The van der Waals surface area contributed by atoms with E-state index in [1.165, 1.54) is 10.8 Å². The quantitative estimate of drug-likeness (QED) is 0.892. The van der Waals surface area contributed by atoms with Crippen molar-refractivity contribution in [1.29, 1.82) is 5.26 Å². The fourth-order valence-electron chi connectivity index (χ4n) is 2.07. The zero-order chi connectivity index (χ0) is 15.4. The van der Waals surface area contributed by atoms with Gasteiger partial charge >= 0.3 is 5.69 Å². The molecule has 0 aliphatic rings. The van der Waals surface area contributed by atoms with Crippen LogP contribution in [0.4, 0.5) is 0 Å². The number of aliphatic hydroxyl groups is 1. The number of hydrogen-bond acceptors (Lipinski definition) is 4. The Morgan fingerprint density at radius 1 is 1.29 bits per heavy atom. The SMILES string of the molecule is CCn1cc(C#N)c(=O)n(C[C@@H](O)c2ccccc2)c1=O. The second-order valence-electron chi connectivity index (χ2n) is 4.57. The standard InChI is InChI=1S/C15H15N3O3/c1-2-17-9-12(8-16)14(20)18(15(17)21)10-13(19)11-6-4-3-5-7-11/h3-7,9,13,19H,2,10H2,1H3/t13-/m1/s1. The Balaban J connectivity index is 2.47. The second-order valence-corrected chi connectivity index (χ2v) is 4.57. The van der Waals surface area contributed by atoms with Gasteiger partial charge in [-0.1, -0.05) is 30.3 Å². The van der Waals surface area contributed by atoms with Gasteiger partial charge in [-0.05, 0) is 12.5 Å². The molecule has 1 aromatic carbocycles. The van der Waals surface area contributed by atoms with Crippen LogP contribution in [0.1, 0.15) is 24.2 Å². The molecule has 6 nitrogen and oxygen atoms in total. The lowest BCUT2D eigenvalue weighted by molar-refractivity contribution is 0.152. The van der Waals surface area contributed by atoms with Gasteiger partial charge in [-0.2, -0.15) is 5.26 Å². The second kappa shape index (κ2) is 6.20. The van der Waals surface area contributed by atoms with E-state index in [-0.39, 0.29) is 12.1 Å². The van der Waals surface area contributed by atoms with Gasteiger partial charge in [-0.15, -0.1) is 0 Å². The van der Waals surface area contributed by atoms with Crippen molar-refractivity contribution >= 4 is 0 Å². The molecule has 0 aliphatic carbocycles. The highest BCUT2D eigenvalue weighted by atomic mass is 16.3. The number of nitriles is 1. The van der Waals surface area contributed by atoms with Gasteiger partial charge in [0.2, 0.25) is 0 Å². The Bertz CT molecular complexity index is 785. The maximum Gasteiger partial charge on any atom is 0.331 e. The summed E-state index contributed by atoms with van der Waals surface area (Å²) in [7, 11) is 0. The number of aromatic nitrogens is 2. The molecule has 0 fully saturated rings. The van der Waals surface area contributed by atoms with E-state index in [2.05, 4.69) is 0 Å². The number of hydrogen-bond donors (Lipinski definition) is 1. The summed E-state index contributed by atoms with van der Waals surface area (Å²) in [4.78, 5) is 24.2. The van der Waals surface area contributed by atoms with E-state index < -0.39 is 17.4 Å². The Kier molecular flexibility index (Phi) is 4.36. The van der Waals surface area contributed by atoms with E-state index in [0.29, 0.717) is 12.1 Å². The van der Waals surface area contributed by atoms with Gasteiger partial charge in [-0.3, -0.25) is 13.9 Å². The molecule has 108 valence electrons. The van der Waals surface area contributed by atoms with Crippen LogP contribution in [0.25, 0.3) is 0 Å². The molecule has 1 N–H and O–H groups in total. The third-order valence-electron chi connectivity index (χ3n) is 3.24. The van der Waals surface area contributed by atoms with Crippen molar-refractivity contribution in [2.45, 2.75) is 26.1 Å². The smallest absolute Gasteiger partial charge is 0.331 e. The average Bonchev–Trinajstić information content (AvgIpc) is 2.52. The Morgan fingerprint density at radius 3 is 2.52 bits per heavy atom. The van der Waals surface area contributed by atoms with Crippen LogP contribution in [0.3, 0.4) is 0 Å². The summed E-state index contributed by atoms with van der Waals surface area (Å²) in [6.07, 6.45) is 0.256. The molecule has 0 radical (unpaired) electrons. The van der Waals surface area contributed by atoms with Gasteiger partial charge in [0.25, 0.3) is 5.56 Å². The normalized spacial score (nSPS) is 11.9. The molecule has 2 aromatic rings. The first-order valence-electron chi connectivity index (χ1n) is 6.55. The van der Waals surface area contributed by atoms with Crippen LogP contribution >= 0.6 is 0 Å². The minimum Gasteiger partial charge on any atom is -0.387 e. The molecule has 0 bridgehead atoms. The third kappa shape index (κ3) is 2.93. The number of aryl methyl sites for hydroxylation is 1. The Morgan fingerprint density at radius 2 is 1.95 bits per heavy atom. The van der Waals surface area contributed by atoms with Crippen LogP contribution in [0.15, 0.2) is 46.1 Å². The fraction of sp³-hybridized carbons (Fsp3) is 0.267. The van der Waals surface area contributed by atoms with Gasteiger partial charge < -0.3 is 5.11 Å². The van der Waals surface area contributed by atoms with E-state index in [4.69, 9.17) is 5.26 Å². The third-order valence-corrected chi connectivity index (χ3v) is 3.24. The van der Waals surface area contributed by atoms with Crippen molar-refractivity contribution in [2.75, 3.05) is 0 Å². The zero-order valence-corrected chi connectivity index (χ0v) is 11.6. The number of nitrogens with zero attached hydrogens (tertiary/aromatic N) is 3. The predicted molar refractivity (Wildman–Crippen MR) is 76.8 cm³/mol. The van der Waals surface area contributed by atoms with Crippen LogP contribution in [0.2, 0.25) is 0 Å². The zero-order valence-electron chi connectivity index (χ0n) is 11.6. The topological polar surface area (TPSA) is 88.0 Å². The summed E-state index contributed by atoms with van der Waals surface area (Å²) in [5, 5.41) is 19.1. The number of rotatable bonds is 4. The highest BCUT2D eigenvalue weighted by Gasteiger charge is 2.15. The molecule has 6 heteroatoms. The first-order chi connectivity index (χ1) is 10.1. The lowest BCUT2D eigenvalue weighted by Gasteiger charge is -2.14. The van der Waals surface area contributed by atoms with E-state index in [9.17, 15) is 14.7 Å². The molecule has 0 saturated carbocycles. The van der Waals surface area contributed by atoms with E-state index >= 15 is 0 Å². The minimum absolute atomic E-state index is 0.114. The van der Waals surface area contributed by atoms with Crippen molar-refractivity contribution in [1.82, 2.24) is 9.13 Å². The maximum atomic E-state index is 12.2. The van der Waals surface area contributed by atoms with E-state index in [1.54, 1.807) is 37.3 Å². The van der Waals surface area contributed by atoms with Gasteiger partial charge in [0.05, 0.1) is 12.6 Å². The van der Waals surface area contributed by atoms with Gasteiger partial charge in [0.15, 0.2) is 0 Å². The molecule has 21 heavy (non-hydrogen) atoms. The van der Waals surface area contributed by atoms with Crippen LogP contribution in [0, 0.1) is 11.3 Å². The summed E-state index contributed by atoms with van der Waals surface area (Å²) < 4.78 is 2.18. The molecule has 0 spiro atoms. The predicted octanol–water partition coefficient (Wildman–Crippen LogP) is 0.635. The molecule has 0 unspecified atom stereocenters. The Hall–Kier alpha value is -2.65. The first kappa shape index (κ1) is 14.8. The van der Waals surface area contributed by atoms with Crippen molar-refractivity contribution in [3.05, 3.63) is 68.5 Å². The van der Waals surface area contributed by atoms with Crippen LogP contribution in [0.5, 0.6) is 0 Å². The van der Waals surface area contributed by atoms with E-state index in [0.717, 1.165) is 4.57 Å². The van der Waals surface area contributed by atoms with Gasteiger partial charge in [-0.25, -0.2) is 4.79 Å². The van der Waals surface area contributed by atoms with Crippen LogP contribution < -0.4 is 11.2 Å². The molecular weight excluding hydrogens is 270 g/mol. The van der Waals surface area contributed by atoms with E-state index in [1.807, 2.05) is 6.07 Å². The highest BCUT2D eigenvalue weighted by Crippen LogP contribution is 2.12. The molecule has 1 heterocycles.